The monoisotopic (exact) mass is 610 g/mol. The molecular formula is C22H25F3N4O7S3. The van der Waals surface area contributed by atoms with E-state index in [4.69, 9.17) is 10.2 Å². The first-order valence-electron chi connectivity index (χ1n) is 11.3. The molecule has 0 unspecified atom stereocenters. The highest BCUT2D eigenvalue weighted by Gasteiger charge is 2.48. The lowest BCUT2D eigenvalue weighted by atomic mass is 10.1. The molecule has 17 heteroatoms. The number of anilines is 1. The van der Waals surface area contributed by atoms with Gasteiger partial charge in [-0.15, -0.1) is 11.8 Å². The zero-order valence-corrected chi connectivity index (χ0v) is 22.6. The quantitative estimate of drug-likeness (QED) is 0.361. The number of nitrogens with zero attached hydrogens (tertiary/aromatic N) is 2. The molecule has 0 radical (unpaired) electrons. The Hall–Kier alpha value is -3.02. The first-order chi connectivity index (χ1) is 18.1. The molecular weight excluding hydrogens is 585 g/mol. The van der Waals surface area contributed by atoms with Gasteiger partial charge in [-0.1, -0.05) is 18.2 Å². The van der Waals surface area contributed by atoms with Crippen LogP contribution in [0.25, 0.3) is 0 Å². The molecule has 2 aromatic carbocycles. The number of benzene rings is 2. The summed E-state index contributed by atoms with van der Waals surface area (Å²) in [4.78, 5) is 25.3. The molecule has 1 atom stereocenters. The van der Waals surface area contributed by atoms with Gasteiger partial charge in [0.1, 0.15) is 4.90 Å². The Kier molecular flexibility index (Phi) is 9.40. The lowest BCUT2D eigenvalue weighted by molar-refractivity contribution is -0.132. The number of hydrogen-bond donors (Lipinski definition) is 3. The maximum Gasteiger partial charge on any atom is 0.501 e. The minimum atomic E-state index is -6.01. The van der Waals surface area contributed by atoms with E-state index in [0.29, 0.717) is 6.07 Å². The first-order valence-corrected chi connectivity index (χ1v) is 15.3. The fourth-order valence-electron chi connectivity index (χ4n) is 3.72. The summed E-state index contributed by atoms with van der Waals surface area (Å²) in [6.45, 7) is 0.392. The van der Waals surface area contributed by atoms with Crippen molar-refractivity contribution in [2.45, 2.75) is 32.7 Å². The van der Waals surface area contributed by atoms with E-state index in [1.807, 2.05) is 0 Å². The lowest BCUT2D eigenvalue weighted by Gasteiger charge is -2.34. The normalized spacial score (nSPS) is 15.6. The van der Waals surface area contributed by atoms with Gasteiger partial charge in [0.2, 0.25) is 15.9 Å². The highest BCUT2D eigenvalue weighted by molar-refractivity contribution is 7.99. The topological polar surface area (TPSA) is 167 Å². The van der Waals surface area contributed by atoms with E-state index in [1.165, 1.54) is 16.7 Å². The van der Waals surface area contributed by atoms with Crippen LogP contribution in [0.15, 0.2) is 63.2 Å². The largest absolute Gasteiger partial charge is 0.501 e. The number of sulfonamides is 1. The number of halogens is 3. The van der Waals surface area contributed by atoms with E-state index < -0.39 is 58.9 Å². The van der Waals surface area contributed by atoms with Crippen molar-refractivity contribution in [2.24, 2.45) is 5.14 Å². The van der Waals surface area contributed by atoms with Gasteiger partial charge in [-0.25, -0.2) is 26.8 Å². The molecule has 214 valence electrons. The van der Waals surface area contributed by atoms with Crippen molar-refractivity contribution in [3.8, 4) is 0 Å². The van der Waals surface area contributed by atoms with Gasteiger partial charge >= 0.3 is 11.6 Å². The minimum absolute atomic E-state index is 0.0843. The van der Waals surface area contributed by atoms with Crippen LogP contribution in [-0.2, 0) is 24.7 Å². The number of hydrogen-bond acceptors (Lipinski definition) is 8. The predicted molar refractivity (Wildman–Crippen MR) is 136 cm³/mol. The van der Waals surface area contributed by atoms with Crippen molar-refractivity contribution in [3.05, 3.63) is 48.5 Å². The smallest absolute Gasteiger partial charge is 0.465 e. The molecule has 3 rings (SSSR count). The van der Waals surface area contributed by atoms with Gasteiger partial charge in [-0.05, 0) is 30.3 Å². The maximum atomic E-state index is 13.5. The molecule has 0 saturated carbocycles. The number of carbonyl (C=O) groups excluding carboxylic acids is 1. The van der Waals surface area contributed by atoms with Crippen LogP contribution in [0.2, 0.25) is 0 Å². The fourth-order valence-corrected chi connectivity index (χ4v) is 6.22. The summed E-state index contributed by atoms with van der Waals surface area (Å²) in [5, 5.41) is 16.8. The molecule has 0 aliphatic carbocycles. The summed E-state index contributed by atoms with van der Waals surface area (Å²) in [5.41, 5.74) is -6.30. The Balaban J connectivity index is 1.92. The van der Waals surface area contributed by atoms with E-state index in [0.717, 1.165) is 21.9 Å². The summed E-state index contributed by atoms with van der Waals surface area (Å²) in [6.07, 6.45) is -1.39. The number of carboxylic acid groups (broad SMARTS) is 1. The molecule has 1 aliphatic heterocycles. The number of nitrogens with two attached hydrogens (primary N) is 1. The highest BCUT2D eigenvalue weighted by atomic mass is 32.2. The molecule has 1 heterocycles. The number of amides is 2. The average molecular weight is 611 g/mol. The Morgan fingerprint density at radius 2 is 1.59 bits per heavy atom. The van der Waals surface area contributed by atoms with Gasteiger partial charge in [0, 0.05) is 49.3 Å². The van der Waals surface area contributed by atoms with E-state index in [2.05, 4.69) is 5.32 Å². The van der Waals surface area contributed by atoms with Crippen molar-refractivity contribution < 1.29 is 44.7 Å². The molecule has 39 heavy (non-hydrogen) atoms. The number of sulfone groups is 1. The molecule has 2 aromatic rings. The second kappa shape index (κ2) is 12.0. The van der Waals surface area contributed by atoms with Crippen molar-refractivity contribution >= 4 is 49.3 Å². The Labute approximate surface area is 227 Å². The van der Waals surface area contributed by atoms with Crippen LogP contribution in [0, 0.1) is 0 Å². The van der Waals surface area contributed by atoms with Crippen LogP contribution in [0.4, 0.5) is 23.7 Å². The number of piperazine rings is 1. The van der Waals surface area contributed by atoms with E-state index >= 15 is 0 Å². The number of rotatable bonds is 9. The number of thioether (sulfide) groups is 1. The third-order valence-electron chi connectivity index (χ3n) is 5.75. The second-order valence-electron chi connectivity index (χ2n) is 8.47. The van der Waals surface area contributed by atoms with Gasteiger partial charge in [0.25, 0.3) is 9.84 Å². The van der Waals surface area contributed by atoms with E-state index in [-0.39, 0.29) is 38.4 Å². The standard InChI is InChI=1S/C22H25F3N4O7S3/c23-22(24,25)38(33,34)19-13-17(39(26,35)36)6-7-18(19)27-15(14-37-16-4-2-1-3-5-16)12-20(30)28-8-10-29(11-9-28)21(31)32/h1-7,13,15,27H,8-12,14H2,(H,31,32)(H2,26,35,36)/t15-/m1/s1. The average Bonchev–Trinajstić information content (AvgIpc) is 2.86. The molecule has 0 aromatic heterocycles. The van der Waals surface area contributed by atoms with Crippen molar-refractivity contribution in [1.29, 1.82) is 0 Å². The van der Waals surface area contributed by atoms with Crippen LogP contribution in [-0.4, -0.2) is 87.2 Å². The van der Waals surface area contributed by atoms with Gasteiger partial charge < -0.3 is 20.2 Å². The molecule has 0 bridgehead atoms. The molecule has 2 amide bonds. The maximum absolute atomic E-state index is 13.5. The molecule has 4 N–H and O–H groups in total. The number of primary sulfonamides is 1. The molecule has 1 fully saturated rings. The molecule has 1 aliphatic rings. The molecule has 1 saturated heterocycles. The van der Waals surface area contributed by atoms with Gasteiger partial charge in [0.05, 0.1) is 10.6 Å². The van der Waals surface area contributed by atoms with Crippen molar-refractivity contribution in [1.82, 2.24) is 9.80 Å². The van der Waals surface area contributed by atoms with E-state index in [9.17, 15) is 39.6 Å². The molecule has 11 nitrogen and oxygen atoms in total. The van der Waals surface area contributed by atoms with Crippen LogP contribution in [0.3, 0.4) is 0 Å². The lowest BCUT2D eigenvalue weighted by Crippen LogP contribution is -2.51. The first kappa shape index (κ1) is 30.5. The fraction of sp³-hybridized carbons (Fsp3) is 0.364. The van der Waals surface area contributed by atoms with Crippen LogP contribution < -0.4 is 10.5 Å². The summed E-state index contributed by atoms with van der Waals surface area (Å²) in [7, 11) is -10.5. The predicted octanol–water partition coefficient (Wildman–Crippen LogP) is 2.41. The minimum Gasteiger partial charge on any atom is -0.465 e. The molecule has 0 spiro atoms. The van der Waals surface area contributed by atoms with Crippen LogP contribution in [0.5, 0.6) is 0 Å². The van der Waals surface area contributed by atoms with Crippen molar-refractivity contribution in [3.63, 3.8) is 0 Å². The van der Waals surface area contributed by atoms with Crippen molar-refractivity contribution in [2.75, 3.05) is 37.2 Å². The highest BCUT2D eigenvalue weighted by Crippen LogP contribution is 2.36. The Morgan fingerprint density at radius 3 is 2.13 bits per heavy atom. The number of carbonyl (C=O) groups is 2. The summed E-state index contributed by atoms with van der Waals surface area (Å²) < 4.78 is 88.5. The summed E-state index contributed by atoms with van der Waals surface area (Å²) in [5.74, 6) is -0.305. The van der Waals surface area contributed by atoms with Crippen LogP contribution in [0.1, 0.15) is 6.42 Å². The second-order valence-corrected chi connectivity index (χ2v) is 13.0. The SMILES string of the molecule is NS(=O)(=O)c1ccc(N[C@@H](CSc2ccccc2)CC(=O)N2CCN(C(=O)O)CC2)c(S(=O)(=O)C(F)(F)F)c1. The third kappa shape index (κ3) is 7.77. The van der Waals surface area contributed by atoms with E-state index in [1.54, 1.807) is 30.3 Å². The summed E-state index contributed by atoms with van der Waals surface area (Å²) >= 11 is 1.26. The Morgan fingerprint density at radius 1 is 1.00 bits per heavy atom. The Bertz CT molecular complexity index is 1410. The summed E-state index contributed by atoms with van der Waals surface area (Å²) in [6, 6.07) is 9.99. The zero-order chi connectivity index (χ0) is 29.0. The van der Waals surface area contributed by atoms with Crippen LogP contribution >= 0.6 is 11.8 Å². The van der Waals surface area contributed by atoms with Gasteiger partial charge in [-0.3, -0.25) is 4.79 Å². The van der Waals surface area contributed by atoms with Gasteiger partial charge in [0.15, 0.2) is 0 Å². The third-order valence-corrected chi connectivity index (χ3v) is 9.37. The zero-order valence-electron chi connectivity index (χ0n) is 20.2. The number of nitrogens with one attached hydrogen (secondary N) is 1. The van der Waals surface area contributed by atoms with Gasteiger partial charge in [-0.2, -0.15) is 13.2 Å². The number of alkyl halides is 3.